The minimum Gasteiger partial charge on any atom is -0.201 e. The molecule has 13 heavy (non-hydrogen) atoms. The highest BCUT2D eigenvalue weighted by molar-refractivity contribution is 5.55. The van der Waals surface area contributed by atoms with Crippen molar-refractivity contribution in [3.8, 4) is 11.3 Å². The van der Waals surface area contributed by atoms with Crippen LogP contribution in [0.5, 0.6) is 0 Å². The lowest BCUT2D eigenvalue weighted by Crippen LogP contribution is -2.29. The summed E-state index contributed by atoms with van der Waals surface area (Å²) < 4.78 is 2.11. The molecule has 0 N–H and O–H groups in total. The van der Waals surface area contributed by atoms with Crippen molar-refractivity contribution in [3.05, 3.63) is 54.7 Å². The fourth-order valence-corrected chi connectivity index (χ4v) is 1.38. The molecule has 0 aliphatic carbocycles. The van der Waals surface area contributed by atoms with E-state index in [1.54, 1.807) is 0 Å². The van der Waals surface area contributed by atoms with Crippen LogP contribution in [0.25, 0.3) is 11.3 Å². The number of nitrogens with zero attached hydrogens (tertiary/aromatic N) is 1. The van der Waals surface area contributed by atoms with Gasteiger partial charge in [0.2, 0.25) is 5.69 Å². The van der Waals surface area contributed by atoms with E-state index in [1.807, 2.05) is 37.5 Å². The van der Waals surface area contributed by atoms with Crippen molar-refractivity contribution in [1.82, 2.24) is 0 Å². The second-order valence-corrected chi connectivity index (χ2v) is 2.99. The van der Waals surface area contributed by atoms with Crippen molar-refractivity contribution in [2.24, 2.45) is 7.05 Å². The third kappa shape index (κ3) is 1.59. The molecule has 0 spiro atoms. The molecule has 1 aromatic carbocycles. The van der Waals surface area contributed by atoms with Crippen molar-refractivity contribution in [3.63, 3.8) is 0 Å². The van der Waals surface area contributed by atoms with Gasteiger partial charge < -0.3 is 0 Å². The average molecular weight is 169 g/mol. The molecular weight excluding hydrogens is 158 g/mol. The summed E-state index contributed by atoms with van der Waals surface area (Å²) in [4.78, 5) is 0. The Morgan fingerprint density at radius 2 is 1.85 bits per heavy atom. The van der Waals surface area contributed by atoms with E-state index in [-0.39, 0.29) is 0 Å². The maximum atomic E-state index is 3.01. The van der Waals surface area contributed by atoms with Gasteiger partial charge >= 0.3 is 0 Å². The van der Waals surface area contributed by atoms with Crippen LogP contribution in [0.3, 0.4) is 0 Å². The molecule has 1 aromatic heterocycles. The quantitative estimate of drug-likeness (QED) is 0.575. The van der Waals surface area contributed by atoms with Gasteiger partial charge in [0.05, 0.1) is 0 Å². The van der Waals surface area contributed by atoms with Gasteiger partial charge in [-0.2, -0.15) is 0 Å². The van der Waals surface area contributed by atoms with Gasteiger partial charge in [0, 0.05) is 17.7 Å². The zero-order chi connectivity index (χ0) is 9.10. The van der Waals surface area contributed by atoms with Crippen molar-refractivity contribution < 1.29 is 4.57 Å². The molecule has 0 unspecified atom stereocenters. The Bertz CT molecular complexity index is 393. The van der Waals surface area contributed by atoms with Gasteiger partial charge in [-0.3, -0.25) is 0 Å². The van der Waals surface area contributed by atoms with E-state index in [1.165, 1.54) is 11.3 Å². The van der Waals surface area contributed by atoms with Crippen LogP contribution in [-0.2, 0) is 7.05 Å². The predicted octanol–water partition coefficient (Wildman–Crippen LogP) is 1.98. The summed E-state index contributed by atoms with van der Waals surface area (Å²) in [5, 5.41) is 0. The smallest absolute Gasteiger partial charge is 0.201 e. The second-order valence-electron chi connectivity index (χ2n) is 2.99. The summed E-state index contributed by atoms with van der Waals surface area (Å²) in [6, 6.07) is 17.2. The molecule has 0 bridgehead atoms. The van der Waals surface area contributed by atoms with Crippen LogP contribution in [0.15, 0.2) is 48.7 Å². The van der Waals surface area contributed by atoms with Crippen LogP contribution in [-0.4, -0.2) is 0 Å². The first-order chi connectivity index (χ1) is 6.38. The Labute approximate surface area is 78.3 Å². The molecule has 0 atom stereocenters. The Balaban J connectivity index is 2.54. The largest absolute Gasteiger partial charge is 0.212 e. The van der Waals surface area contributed by atoms with Gasteiger partial charge in [0.1, 0.15) is 7.05 Å². The van der Waals surface area contributed by atoms with Crippen LogP contribution in [0.1, 0.15) is 0 Å². The van der Waals surface area contributed by atoms with Gasteiger partial charge in [-0.15, -0.1) is 0 Å². The lowest BCUT2D eigenvalue weighted by atomic mass is 10.1. The topological polar surface area (TPSA) is 3.88 Å². The first-order valence-electron chi connectivity index (χ1n) is 4.29. The molecule has 63 valence electrons. The van der Waals surface area contributed by atoms with E-state index in [0.717, 1.165) is 0 Å². The molecule has 0 aliphatic heterocycles. The molecule has 0 saturated heterocycles. The molecule has 1 nitrogen and oxygen atoms in total. The SMILES string of the molecule is C[n+]1ccccc1-c1cc[c]cc1. The normalized spacial score (nSPS) is 9.92. The number of benzene rings is 1. The highest BCUT2D eigenvalue weighted by atomic mass is 14.9. The highest BCUT2D eigenvalue weighted by Crippen LogP contribution is 2.12. The Kier molecular flexibility index (Phi) is 2.09. The third-order valence-electron chi connectivity index (χ3n) is 2.07. The number of rotatable bonds is 1. The van der Waals surface area contributed by atoms with Crippen molar-refractivity contribution in [1.29, 1.82) is 0 Å². The maximum absolute atomic E-state index is 3.01. The molecule has 1 heterocycles. The van der Waals surface area contributed by atoms with Crippen LogP contribution in [0.4, 0.5) is 0 Å². The molecule has 2 rings (SSSR count). The molecule has 0 aliphatic rings. The maximum Gasteiger partial charge on any atom is 0.212 e. The number of hydrogen-bond acceptors (Lipinski definition) is 0. The van der Waals surface area contributed by atoms with Gasteiger partial charge in [0.25, 0.3) is 0 Å². The molecule has 1 heteroatoms. The third-order valence-corrected chi connectivity index (χ3v) is 2.07. The fourth-order valence-electron chi connectivity index (χ4n) is 1.38. The highest BCUT2D eigenvalue weighted by Gasteiger charge is 2.05. The van der Waals surface area contributed by atoms with Crippen molar-refractivity contribution in [2.75, 3.05) is 0 Å². The van der Waals surface area contributed by atoms with E-state index < -0.39 is 0 Å². The fraction of sp³-hybridized carbons (Fsp3) is 0.0833. The summed E-state index contributed by atoms with van der Waals surface area (Å²) in [7, 11) is 2.05. The molecule has 0 amide bonds. The number of aryl methyl sites for hydroxylation is 1. The minimum atomic E-state index is 1.22. The van der Waals surface area contributed by atoms with E-state index in [4.69, 9.17) is 0 Å². The summed E-state index contributed by atoms with van der Waals surface area (Å²) in [5.74, 6) is 0. The van der Waals surface area contributed by atoms with Gasteiger partial charge in [-0.1, -0.05) is 12.1 Å². The Morgan fingerprint density at radius 3 is 2.54 bits per heavy atom. The van der Waals surface area contributed by atoms with Crippen LogP contribution >= 0.6 is 0 Å². The summed E-state index contributed by atoms with van der Waals surface area (Å²) >= 11 is 0. The van der Waals surface area contributed by atoms with E-state index in [9.17, 15) is 0 Å². The Hall–Kier alpha value is -1.63. The summed E-state index contributed by atoms with van der Waals surface area (Å²) in [5.41, 5.74) is 2.44. The van der Waals surface area contributed by atoms with Crippen molar-refractivity contribution >= 4 is 0 Å². The van der Waals surface area contributed by atoms with Crippen LogP contribution < -0.4 is 4.57 Å². The Morgan fingerprint density at radius 1 is 1.08 bits per heavy atom. The predicted molar refractivity (Wildman–Crippen MR) is 51.9 cm³/mol. The van der Waals surface area contributed by atoms with Crippen LogP contribution in [0, 0.1) is 6.07 Å². The van der Waals surface area contributed by atoms with E-state index in [2.05, 4.69) is 28.8 Å². The second kappa shape index (κ2) is 3.40. The zero-order valence-corrected chi connectivity index (χ0v) is 7.57. The minimum absolute atomic E-state index is 1.22. The van der Waals surface area contributed by atoms with Crippen LogP contribution in [0.2, 0.25) is 0 Å². The van der Waals surface area contributed by atoms with Gasteiger partial charge in [-0.05, 0) is 24.3 Å². The number of hydrogen-bond donors (Lipinski definition) is 0. The van der Waals surface area contributed by atoms with E-state index >= 15 is 0 Å². The molecule has 1 radical (unpaired) electrons. The molecule has 0 saturated carbocycles. The van der Waals surface area contributed by atoms with Gasteiger partial charge in [0.15, 0.2) is 6.20 Å². The number of pyridine rings is 1. The number of aromatic nitrogens is 1. The lowest BCUT2D eigenvalue weighted by Gasteiger charge is -1.97. The first kappa shape index (κ1) is 7.99. The molecule has 0 fully saturated rings. The lowest BCUT2D eigenvalue weighted by molar-refractivity contribution is -0.660. The van der Waals surface area contributed by atoms with E-state index in [0.29, 0.717) is 0 Å². The molecular formula is C12H11N+. The average Bonchev–Trinajstić information content (AvgIpc) is 2.20. The zero-order valence-electron chi connectivity index (χ0n) is 7.57. The molecule has 2 aromatic rings. The monoisotopic (exact) mass is 169 g/mol. The van der Waals surface area contributed by atoms with Gasteiger partial charge in [-0.25, -0.2) is 4.57 Å². The summed E-state index contributed by atoms with van der Waals surface area (Å²) in [6.45, 7) is 0. The van der Waals surface area contributed by atoms with Crippen molar-refractivity contribution in [2.45, 2.75) is 0 Å². The first-order valence-corrected chi connectivity index (χ1v) is 4.29. The standard InChI is InChI=1S/C12H11N/c1-13-10-6-5-9-12(13)11-7-3-2-4-8-11/h3-10H,1H3/q+1. The summed E-state index contributed by atoms with van der Waals surface area (Å²) in [6.07, 6.45) is 2.05.